The van der Waals surface area contributed by atoms with Gasteiger partial charge in [-0.2, -0.15) is 0 Å². The molecule has 1 aliphatic heterocycles. The third kappa shape index (κ3) is 3.91. The number of aromatic nitrogens is 6. The maximum atomic E-state index is 5.47. The van der Waals surface area contributed by atoms with Gasteiger partial charge in [-0.3, -0.25) is 4.90 Å². The minimum absolute atomic E-state index is 0.417. The Morgan fingerprint density at radius 2 is 2.00 bits per heavy atom. The molecule has 5 heterocycles. The first kappa shape index (κ1) is 21.5. The SMILES string of the molecule is COCCn1c(C)nc2ccc(-c3ccn4nc(N[C@H]5C[C@@H](N6CCOCC6)C5)ncc34)nc21. The van der Waals surface area contributed by atoms with Crippen LogP contribution in [0.4, 0.5) is 5.95 Å². The highest BCUT2D eigenvalue weighted by Crippen LogP contribution is 2.29. The number of imidazole rings is 1. The monoisotopic (exact) mass is 462 g/mol. The molecule has 0 aromatic carbocycles. The summed E-state index contributed by atoms with van der Waals surface area (Å²) in [5, 5.41) is 8.21. The second-order valence-corrected chi connectivity index (χ2v) is 9.10. The third-order valence-corrected chi connectivity index (χ3v) is 7.00. The van der Waals surface area contributed by atoms with Gasteiger partial charge in [-0.05, 0) is 38.0 Å². The lowest BCUT2D eigenvalue weighted by Crippen LogP contribution is -2.53. The smallest absolute Gasteiger partial charge is 0.241 e. The topological polar surface area (TPSA) is 94.6 Å². The van der Waals surface area contributed by atoms with Crippen LogP contribution in [0.25, 0.3) is 27.9 Å². The Morgan fingerprint density at radius 3 is 2.82 bits per heavy atom. The maximum Gasteiger partial charge on any atom is 0.241 e. The summed E-state index contributed by atoms with van der Waals surface area (Å²) >= 11 is 0. The number of morpholine rings is 1. The fraction of sp³-hybridized carbons (Fsp3) is 0.500. The molecule has 178 valence electrons. The Kier molecular flexibility index (Phi) is 5.64. The molecule has 10 heteroatoms. The van der Waals surface area contributed by atoms with Crippen molar-refractivity contribution in [3.05, 3.63) is 36.4 Å². The second-order valence-electron chi connectivity index (χ2n) is 9.10. The van der Waals surface area contributed by atoms with Crippen molar-refractivity contribution in [1.82, 2.24) is 34.0 Å². The molecule has 0 spiro atoms. The zero-order valence-corrected chi connectivity index (χ0v) is 19.6. The zero-order valence-electron chi connectivity index (χ0n) is 19.6. The Hall–Kier alpha value is -3.08. The van der Waals surface area contributed by atoms with Crippen LogP contribution >= 0.6 is 0 Å². The molecule has 4 aromatic heterocycles. The van der Waals surface area contributed by atoms with Crippen molar-refractivity contribution in [3.63, 3.8) is 0 Å². The lowest BCUT2D eigenvalue weighted by molar-refractivity contribution is -0.00443. The van der Waals surface area contributed by atoms with Crippen molar-refractivity contribution >= 4 is 22.6 Å². The van der Waals surface area contributed by atoms with E-state index in [4.69, 9.17) is 19.6 Å². The Bertz CT molecular complexity index is 1300. The molecule has 2 aliphatic rings. The molecule has 1 saturated heterocycles. The van der Waals surface area contributed by atoms with Gasteiger partial charge < -0.3 is 19.4 Å². The highest BCUT2D eigenvalue weighted by atomic mass is 16.5. The molecule has 2 fully saturated rings. The molecule has 34 heavy (non-hydrogen) atoms. The van der Waals surface area contributed by atoms with Crippen LogP contribution in [0.3, 0.4) is 0 Å². The predicted molar refractivity (Wildman–Crippen MR) is 129 cm³/mol. The minimum Gasteiger partial charge on any atom is -0.383 e. The van der Waals surface area contributed by atoms with Crippen LogP contribution in [-0.2, 0) is 16.0 Å². The Balaban J connectivity index is 1.20. The van der Waals surface area contributed by atoms with Crippen LogP contribution in [0.1, 0.15) is 18.7 Å². The van der Waals surface area contributed by atoms with Gasteiger partial charge in [0.2, 0.25) is 5.95 Å². The van der Waals surface area contributed by atoms with Crippen molar-refractivity contribution in [3.8, 4) is 11.3 Å². The van der Waals surface area contributed by atoms with Crippen LogP contribution in [0.15, 0.2) is 30.6 Å². The number of anilines is 1. The molecule has 1 saturated carbocycles. The van der Waals surface area contributed by atoms with Gasteiger partial charge in [-0.1, -0.05) is 0 Å². The predicted octanol–water partition coefficient (Wildman–Crippen LogP) is 2.37. The molecular formula is C24H30N8O2. The van der Waals surface area contributed by atoms with Crippen molar-refractivity contribution < 1.29 is 9.47 Å². The summed E-state index contributed by atoms with van der Waals surface area (Å²) in [4.78, 5) is 16.7. The van der Waals surface area contributed by atoms with E-state index in [0.717, 1.165) is 79.5 Å². The number of ether oxygens (including phenoxy) is 2. The molecule has 0 amide bonds. The number of aryl methyl sites for hydroxylation is 1. The first-order chi connectivity index (χ1) is 16.7. The number of methoxy groups -OCH3 is 1. The molecular weight excluding hydrogens is 432 g/mol. The lowest BCUT2D eigenvalue weighted by Gasteiger charge is -2.44. The van der Waals surface area contributed by atoms with Crippen LogP contribution in [0, 0.1) is 6.92 Å². The van der Waals surface area contributed by atoms with Crippen LogP contribution < -0.4 is 5.32 Å². The maximum absolute atomic E-state index is 5.47. The zero-order chi connectivity index (χ0) is 23.1. The third-order valence-electron chi connectivity index (χ3n) is 7.00. The molecule has 0 unspecified atom stereocenters. The van der Waals surface area contributed by atoms with Crippen molar-refractivity contribution in [1.29, 1.82) is 0 Å². The number of rotatable bonds is 7. The van der Waals surface area contributed by atoms with Crippen molar-refractivity contribution in [2.24, 2.45) is 0 Å². The van der Waals surface area contributed by atoms with E-state index < -0.39 is 0 Å². The molecule has 0 radical (unpaired) electrons. The number of fused-ring (bicyclic) bond motifs is 2. The summed E-state index contributed by atoms with van der Waals surface area (Å²) in [5.41, 5.74) is 4.56. The fourth-order valence-electron chi connectivity index (χ4n) is 5.03. The van der Waals surface area contributed by atoms with E-state index in [1.54, 1.807) is 7.11 Å². The number of hydrogen-bond acceptors (Lipinski definition) is 8. The molecule has 6 rings (SSSR count). The molecule has 4 aromatic rings. The summed E-state index contributed by atoms with van der Waals surface area (Å²) in [7, 11) is 1.71. The van der Waals surface area contributed by atoms with E-state index in [-0.39, 0.29) is 0 Å². The average molecular weight is 463 g/mol. The standard InChI is InChI=1S/C24H30N8O2/c1-16-26-21-4-3-20(28-23(21)31(16)9-10-33-2)19-5-6-32-22(19)15-25-24(29-32)27-17-13-18(14-17)30-7-11-34-12-8-30/h3-6,15,17-18H,7-14H2,1-2H3,(H,27,29)/t17-,18+. The highest BCUT2D eigenvalue weighted by Gasteiger charge is 2.34. The van der Waals surface area contributed by atoms with E-state index in [9.17, 15) is 0 Å². The number of nitrogens with one attached hydrogen (secondary N) is 1. The van der Waals surface area contributed by atoms with Gasteiger partial charge in [0.05, 0.1) is 37.2 Å². The van der Waals surface area contributed by atoms with Crippen LogP contribution in [0.5, 0.6) is 0 Å². The quantitative estimate of drug-likeness (QED) is 0.447. The van der Waals surface area contributed by atoms with Crippen molar-refractivity contribution in [2.45, 2.75) is 38.4 Å². The van der Waals surface area contributed by atoms with E-state index in [1.807, 2.05) is 42.0 Å². The van der Waals surface area contributed by atoms with E-state index in [0.29, 0.717) is 24.6 Å². The summed E-state index contributed by atoms with van der Waals surface area (Å²) in [6.45, 7) is 7.11. The molecule has 1 N–H and O–H groups in total. The number of nitrogens with zero attached hydrogens (tertiary/aromatic N) is 7. The van der Waals surface area contributed by atoms with E-state index in [2.05, 4.69) is 24.8 Å². The first-order valence-corrected chi connectivity index (χ1v) is 12.0. The minimum atomic E-state index is 0.417. The summed E-state index contributed by atoms with van der Waals surface area (Å²) in [5.74, 6) is 1.60. The summed E-state index contributed by atoms with van der Waals surface area (Å²) < 4.78 is 14.7. The average Bonchev–Trinajstić information content (AvgIpc) is 3.39. The first-order valence-electron chi connectivity index (χ1n) is 12.0. The van der Waals surface area contributed by atoms with Gasteiger partial charge in [-0.15, -0.1) is 5.10 Å². The molecule has 0 atom stereocenters. The van der Waals surface area contributed by atoms with Gasteiger partial charge in [0, 0.05) is 50.6 Å². The Morgan fingerprint density at radius 1 is 1.15 bits per heavy atom. The van der Waals surface area contributed by atoms with Gasteiger partial charge in [0.15, 0.2) is 5.65 Å². The van der Waals surface area contributed by atoms with Crippen molar-refractivity contribution in [2.75, 3.05) is 45.3 Å². The van der Waals surface area contributed by atoms with Gasteiger partial charge in [0.25, 0.3) is 0 Å². The van der Waals surface area contributed by atoms with E-state index in [1.165, 1.54) is 0 Å². The van der Waals surface area contributed by atoms with Gasteiger partial charge in [-0.25, -0.2) is 19.5 Å². The second kappa shape index (κ2) is 8.94. The van der Waals surface area contributed by atoms with Gasteiger partial charge >= 0.3 is 0 Å². The molecule has 10 nitrogen and oxygen atoms in total. The van der Waals surface area contributed by atoms with Crippen LogP contribution in [0.2, 0.25) is 0 Å². The summed E-state index contributed by atoms with van der Waals surface area (Å²) in [6.07, 6.45) is 6.09. The Labute approximate surface area is 197 Å². The normalized spacial score (nSPS) is 21.2. The number of pyridine rings is 1. The van der Waals surface area contributed by atoms with Crippen LogP contribution in [-0.4, -0.2) is 86.1 Å². The van der Waals surface area contributed by atoms with Gasteiger partial charge in [0.1, 0.15) is 11.3 Å². The summed E-state index contributed by atoms with van der Waals surface area (Å²) in [6, 6.07) is 7.14. The van der Waals surface area contributed by atoms with E-state index >= 15 is 0 Å². The fourth-order valence-corrected chi connectivity index (χ4v) is 5.03. The molecule has 1 aliphatic carbocycles. The molecule has 0 bridgehead atoms. The number of hydrogen-bond donors (Lipinski definition) is 1. The lowest BCUT2D eigenvalue weighted by atomic mass is 9.85. The largest absolute Gasteiger partial charge is 0.383 e. The highest BCUT2D eigenvalue weighted by molar-refractivity contribution is 5.82.